The second-order valence-corrected chi connectivity index (χ2v) is 6.44. The summed E-state index contributed by atoms with van der Waals surface area (Å²) < 4.78 is 0.613. The number of phenols is 2. The van der Waals surface area contributed by atoms with Crippen LogP contribution >= 0.6 is 27.5 Å². The predicted molar refractivity (Wildman–Crippen MR) is 105 cm³/mol. The Bertz CT molecular complexity index is 903. The van der Waals surface area contributed by atoms with Gasteiger partial charge < -0.3 is 10.2 Å². The third-order valence-electron chi connectivity index (χ3n) is 3.50. The third-order valence-corrected chi connectivity index (χ3v) is 4.45. The van der Waals surface area contributed by atoms with Gasteiger partial charge in [-0.25, -0.2) is 0 Å². The normalized spacial score (nSPS) is 9.77. The summed E-state index contributed by atoms with van der Waals surface area (Å²) >= 11 is 8.90. The summed E-state index contributed by atoms with van der Waals surface area (Å²) in [6, 6.07) is 16.9. The minimum absolute atomic E-state index is 0.00405. The van der Waals surface area contributed by atoms with Gasteiger partial charge in [-0.1, -0.05) is 41.9 Å². The number of rotatable bonds is 3. The van der Waals surface area contributed by atoms with E-state index in [9.17, 15) is 14.7 Å². The molecular formula is C20H14BrClO4. The minimum atomic E-state index is -0.0116. The van der Waals surface area contributed by atoms with Crippen molar-refractivity contribution in [3.8, 4) is 22.6 Å². The van der Waals surface area contributed by atoms with Gasteiger partial charge in [0, 0.05) is 9.50 Å². The molecule has 26 heavy (non-hydrogen) atoms. The predicted octanol–water partition coefficient (Wildman–Crippen LogP) is 5.49. The molecule has 132 valence electrons. The van der Waals surface area contributed by atoms with Crippen molar-refractivity contribution in [2.24, 2.45) is 0 Å². The van der Waals surface area contributed by atoms with E-state index < -0.39 is 0 Å². The molecule has 0 fully saturated rings. The first-order valence-electron chi connectivity index (χ1n) is 7.43. The number of hydrogen-bond acceptors (Lipinski definition) is 4. The number of carbonyl (C=O) groups is 2. The van der Waals surface area contributed by atoms with Crippen LogP contribution in [0.15, 0.2) is 65.1 Å². The van der Waals surface area contributed by atoms with Gasteiger partial charge in [-0.2, -0.15) is 0 Å². The summed E-state index contributed by atoms with van der Waals surface area (Å²) in [7, 11) is 0. The Labute approximate surface area is 163 Å². The van der Waals surface area contributed by atoms with Crippen LogP contribution in [0.25, 0.3) is 11.1 Å². The molecule has 6 heteroatoms. The largest absolute Gasteiger partial charge is 0.507 e. The van der Waals surface area contributed by atoms with Crippen molar-refractivity contribution in [2.75, 3.05) is 0 Å². The topological polar surface area (TPSA) is 74.6 Å². The van der Waals surface area contributed by atoms with Crippen molar-refractivity contribution < 1.29 is 19.8 Å². The van der Waals surface area contributed by atoms with Crippen molar-refractivity contribution in [1.82, 2.24) is 0 Å². The Hall–Kier alpha value is -2.63. The first kappa shape index (κ1) is 19.7. The van der Waals surface area contributed by atoms with E-state index in [1.807, 2.05) is 12.1 Å². The first-order valence-corrected chi connectivity index (χ1v) is 8.60. The molecule has 4 nitrogen and oxygen atoms in total. The molecule has 0 unspecified atom stereocenters. The second kappa shape index (κ2) is 9.17. The first-order chi connectivity index (χ1) is 12.5. The maximum atomic E-state index is 10.9. The molecule has 0 aromatic heterocycles. The average Bonchev–Trinajstić information content (AvgIpc) is 2.63. The van der Waals surface area contributed by atoms with E-state index in [-0.39, 0.29) is 11.5 Å². The van der Waals surface area contributed by atoms with Gasteiger partial charge in [-0.15, -0.1) is 0 Å². The number of phenolic OH excluding ortho intramolecular Hbond substituents is 2. The van der Waals surface area contributed by atoms with Crippen LogP contribution in [0.2, 0.25) is 5.02 Å². The van der Waals surface area contributed by atoms with Crippen LogP contribution in [0.5, 0.6) is 11.5 Å². The Morgan fingerprint density at radius 3 is 1.81 bits per heavy atom. The molecule has 3 rings (SSSR count). The lowest BCUT2D eigenvalue weighted by molar-refractivity contribution is 0.111. The SMILES string of the molecule is O=Cc1c(O)cccc1-c1ccc(Cl)cc1.O=Cc1c(O)cccc1Br. The Morgan fingerprint density at radius 1 is 0.769 bits per heavy atom. The quantitative estimate of drug-likeness (QED) is 0.535. The highest BCUT2D eigenvalue weighted by Gasteiger charge is 2.08. The highest BCUT2D eigenvalue weighted by Crippen LogP contribution is 2.29. The number of halogens is 2. The van der Waals surface area contributed by atoms with Gasteiger partial charge in [-0.3, -0.25) is 9.59 Å². The van der Waals surface area contributed by atoms with Crippen molar-refractivity contribution in [2.45, 2.75) is 0 Å². The zero-order chi connectivity index (χ0) is 19.1. The van der Waals surface area contributed by atoms with Crippen LogP contribution in [-0.4, -0.2) is 22.8 Å². The van der Waals surface area contributed by atoms with Gasteiger partial charge in [0.2, 0.25) is 0 Å². The molecule has 0 aliphatic rings. The van der Waals surface area contributed by atoms with Crippen LogP contribution in [0.1, 0.15) is 20.7 Å². The summed E-state index contributed by atoms with van der Waals surface area (Å²) in [4.78, 5) is 21.2. The van der Waals surface area contributed by atoms with E-state index in [0.717, 1.165) is 5.56 Å². The van der Waals surface area contributed by atoms with Crippen molar-refractivity contribution >= 4 is 40.1 Å². The monoisotopic (exact) mass is 432 g/mol. The fraction of sp³-hybridized carbons (Fsp3) is 0. The smallest absolute Gasteiger partial charge is 0.154 e. The number of hydrogen-bond donors (Lipinski definition) is 2. The van der Waals surface area contributed by atoms with Crippen molar-refractivity contribution in [3.05, 3.63) is 81.3 Å². The summed E-state index contributed by atoms with van der Waals surface area (Å²) in [6.07, 6.45) is 1.26. The highest BCUT2D eigenvalue weighted by molar-refractivity contribution is 9.10. The van der Waals surface area contributed by atoms with Gasteiger partial charge in [0.05, 0.1) is 11.1 Å². The highest BCUT2D eigenvalue weighted by atomic mass is 79.9. The van der Waals surface area contributed by atoms with E-state index in [1.54, 1.807) is 36.4 Å². The molecule has 0 aliphatic heterocycles. The molecule has 0 saturated carbocycles. The molecule has 3 aromatic carbocycles. The van der Waals surface area contributed by atoms with Gasteiger partial charge in [0.1, 0.15) is 11.5 Å². The Balaban J connectivity index is 0.000000209. The summed E-state index contributed by atoms with van der Waals surface area (Å²) in [6.45, 7) is 0. The molecular weight excluding hydrogens is 420 g/mol. The van der Waals surface area contributed by atoms with Crippen molar-refractivity contribution in [3.63, 3.8) is 0 Å². The molecule has 0 saturated heterocycles. The molecule has 0 aliphatic carbocycles. The van der Waals surface area contributed by atoms with Gasteiger partial charge in [0.15, 0.2) is 12.6 Å². The van der Waals surface area contributed by atoms with Crippen LogP contribution in [-0.2, 0) is 0 Å². The third kappa shape index (κ3) is 4.71. The maximum absolute atomic E-state index is 10.9. The van der Waals surface area contributed by atoms with Crippen LogP contribution in [0, 0.1) is 0 Å². The molecule has 0 radical (unpaired) electrons. The molecule has 0 amide bonds. The lowest BCUT2D eigenvalue weighted by atomic mass is 10.00. The van der Waals surface area contributed by atoms with Gasteiger partial charge in [0.25, 0.3) is 0 Å². The number of aldehydes is 2. The fourth-order valence-electron chi connectivity index (χ4n) is 2.20. The summed E-state index contributed by atoms with van der Waals surface area (Å²) in [5, 5.41) is 19.2. The number of carbonyl (C=O) groups excluding carboxylic acids is 2. The lowest BCUT2D eigenvalue weighted by Gasteiger charge is -2.06. The zero-order valence-electron chi connectivity index (χ0n) is 13.4. The molecule has 0 atom stereocenters. The lowest BCUT2D eigenvalue weighted by Crippen LogP contribution is -1.87. The van der Waals surface area contributed by atoms with Crippen LogP contribution < -0.4 is 0 Å². The maximum Gasteiger partial charge on any atom is 0.154 e. The molecule has 3 aromatic rings. The van der Waals surface area contributed by atoms with Gasteiger partial charge in [-0.05, 0) is 57.4 Å². The molecule has 0 heterocycles. The Kier molecular flexibility index (Phi) is 6.95. The summed E-state index contributed by atoms with van der Waals surface area (Å²) in [5.41, 5.74) is 2.14. The second-order valence-electron chi connectivity index (χ2n) is 5.15. The van der Waals surface area contributed by atoms with E-state index in [4.69, 9.17) is 16.7 Å². The molecule has 2 N–H and O–H groups in total. The van der Waals surface area contributed by atoms with Crippen LogP contribution in [0.3, 0.4) is 0 Å². The Morgan fingerprint density at radius 2 is 1.31 bits per heavy atom. The van der Waals surface area contributed by atoms with E-state index >= 15 is 0 Å². The minimum Gasteiger partial charge on any atom is -0.507 e. The fourth-order valence-corrected chi connectivity index (χ4v) is 2.78. The average molecular weight is 434 g/mol. The van der Waals surface area contributed by atoms with Gasteiger partial charge >= 0.3 is 0 Å². The standard InChI is InChI=1S/C13H9ClO2.C7H5BrO2/c14-10-6-4-9(5-7-10)11-2-1-3-13(16)12(11)8-15;8-6-2-1-3-7(10)5(6)4-9/h1-8,16H;1-4,10H. The summed E-state index contributed by atoms with van der Waals surface area (Å²) in [5.74, 6) is -0.00757. The number of benzene rings is 3. The molecule has 0 bridgehead atoms. The van der Waals surface area contributed by atoms with Crippen LogP contribution in [0.4, 0.5) is 0 Å². The van der Waals surface area contributed by atoms with E-state index in [2.05, 4.69) is 15.9 Å². The molecule has 0 spiro atoms. The van der Waals surface area contributed by atoms with E-state index in [1.165, 1.54) is 12.1 Å². The zero-order valence-corrected chi connectivity index (χ0v) is 15.7. The van der Waals surface area contributed by atoms with E-state index in [0.29, 0.717) is 38.8 Å². The van der Waals surface area contributed by atoms with Crippen molar-refractivity contribution in [1.29, 1.82) is 0 Å². The number of aromatic hydroxyl groups is 2.